The number of hydrogen-bond acceptors (Lipinski definition) is 9. The Balaban J connectivity index is 1.20. The first-order valence-corrected chi connectivity index (χ1v) is 14.6. The summed E-state index contributed by atoms with van der Waals surface area (Å²) in [4.78, 5) is 58.5. The number of hydrogen-bond donors (Lipinski definition) is 1. The Morgan fingerprint density at radius 1 is 1.00 bits per heavy atom. The average molecular weight is 606 g/mol. The minimum atomic E-state index is -0.483. The molecule has 4 heterocycles. The van der Waals surface area contributed by atoms with E-state index in [1.807, 2.05) is 31.2 Å². The molecule has 3 aromatic carbocycles. The molecule has 7 rings (SSSR count). The maximum atomic E-state index is 13.8. The number of thiazole rings is 1. The van der Waals surface area contributed by atoms with Crippen LogP contribution in [0.2, 0.25) is 0 Å². The fraction of sp³-hybridized carbons (Fsp3) is 0.125. The van der Waals surface area contributed by atoms with Gasteiger partial charge in [-0.1, -0.05) is 47.7 Å². The molecule has 0 bridgehead atoms. The zero-order valence-electron chi connectivity index (χ0n) is 23.5. The Bertz CT molecular complexity index is 2250. The van der Waals surface area contributed by atoms with E-state index in [0.717, 1.165) is 22.3 Å². The Morgan fingerprint density at radius 2 is 1.75 bits per heavy atom. The maximum Gasteiger partial charge on any atom is 0.338 e. The number of rotatable bonds is 6. The van der Waals surface area contributed by atoms with E-state index in [9.17, 15) is 19.2 Å². The van der Waals surface area contributed by atoms with Crippen LogP contribution in [0.1, 0.15) is 28.4 Å². The van der Waals surface area contributed by atoms with Crippen molar-refractivity contribution in [3.8, 4) is 11.6 Å². The highest BCUT2D eigenvalue weighted by molar-refractivity contribution is 7.15. The van der Waals surface area contributed by atoms with Crippen molar-refractivity contribution in [2.75, 3.05) is 23.4 Å². The standard InChI is InChI=1S/C32H23N5O6S/c1-3-42-31(41)18-12-14-19(15-13-18)33-24(38)16-36-22-10-6-4-9-21(22)25(29(36)39)27-30(40)37-32(44-27)34-28(35-37)26-17(2)20-8-5-7-11-23(20)43-26/h4-15H,3,16H2,1-2H3,(H,33,38)/b27-25-. The summed E-state index contributed by atoms with van der Waals surface area (Å²) in [6, 6.07) is 20.9. The normalized spacial score (nSPS) is 14.0. The van der Waals surface area contributed by atoms with Gasteiger partial charge in [-0.15, -0.1) is 5.10 Å². The van der Waals surface area contributed by atoms with Crippen molar-refractivity contribution in [3.05, 3.63) is 104 Å². The molecule has 0 saturated heterocycles. The second-order valence-electron chi connectivity index (χ2n) is 10.0. The van der Waals surface area contributed by atoms with E-state index < -0.39 is 23.3 Å². The van der Waals surface area contributed by atoms with Gasteiger partial charge in [-0.05, 0) is 50.2 Å². The molecule has 0 spiro atoms. The number of furan rings is 1. The fourth-order valence-corrected chi connectivity index (χ4v) is 6.27. The monoisotopic (exact) mass is 605 g/mol. The zero-order chi connectivity index (χ0) is 30.5. The van der Waals surface area contributed by atoms with Crippen molar-refractivity contribution in [1.82, 2.24) is 14.6 Å². The summed E-state index contributed by atoms with van der Waals surface area (Å²) in [5, 5.41) is 8.12. The number of benzene rings is 3. The summed E-state index contributed by atoms with van der Waals surface area (Å²) in [6.07, 6.45) is 0. The third-order valence-electron chi connectivity index (χ3n) is 7.34. The van der Waals surface area contributed by atoms with Gasteiger partial charge >= 0.3 is 5.97 Å². The predicted octanol–water partition coefficient (Wildman–Crippen LogP) is 3.95. The minimum Gasteiger partial charge on any atom is -0.462 e. The van der Waals surface area contributed by atoms with Crippen LogP contribution in [0.25, 0.3) is 33.1 Å². The van der Waals surface area contributed by atoms with Crippen molar-refractivity contribution in [2.45, 2.75) is 13.8 Å². The Hall–Kier alpha value is -5.62. The van der Waals surface area contributed by atoms with Crippen LogP contribution in [-0.2, 0) is 14.3 Å². The third kappa shape index (κ3) is 4.43. The number of aromatic nitrogens is 3. The molecule has 0 unspecified atom stereocenters. The first-order valence-electron chi connectivity index (χ1n) is 13.7. The number of amides is 2. The van der Waals surface area contributed by atoms with E-state index >= 15 is 0 Å². The molecule has 218 valence electrons. The molecule has 0 saturated carbocycles. The largest absolute Gasteiger partial charge is 0.462 e. The van der Waals surface area contributed by atoms with Crippen LogP contribution in [0.3, 0.4) is 0 Å². The second kappa shape index (κ2) is 10.6. The van der Waals surface area contributed by atoms with Crippen LogP contribution in [0.4, 0.5) is 11.4 Å². The van der Waals surface area contributed by atoms with Gasteiger partial charge in [-0.25, -0.2) is 4.79 Å². The number of anilines is 2. The van der Waals surface area contributed by atoms with Gasteiger partial charge in [-0.3, -0.25) is 19.3 Å². The van der Waals surface area contributed by atoms with Gasteiger partial charge in [-0.2, -0.15) is 9.50 Å². The summed E-state index contributed by atoms with van der Waals surface area (Å²) in [6.45, 7) is 3.60. The smallest absolute Gasteiger partial charge is 0.338 e. The number of fused-ring (bicyclic) bond motifs is 3. The summed E-state index contributed by atoms with van der Waals surface area (Å²) < 4.78 is 12.3. The Morgan fingerprint density at radius 3 is 2.50 bits per heavy atom. The average Bonchev–Trinajstić information content (AvgIpc) is 3.74. The predicted molar refractivity (Wildman–Crippen MR) is 165 cm³/mol. The number of esters is 1. The van der Waals surface area contributed by atoms with Crippen molar-refractivity contribution in [2.24, 2.45) is 0 Å². The van der Waals surface area contributed by atoms with Gasteiger partial charge in [0.1, 0.15) is 16.7 Å². The molecule has 0 radical (unpaired) electrons. The first kappa shape index (κ1) is 27.2. The first-order chi connectivity index (χ1) is 21.3. The molecule has 11 nitrogen and oxygen atoms in total. The van der Waals surface area contributed by atoms with Crippen molar-refractivity contribution in [3.63, 3.8) is 0 Å². The van der Waals surface area contributed by atoms with Gasteiger partial charge in [0.25, 0.3) is 11.5 Å². The number of nitrogens with one attached hydrogen (secondary N) is 1. The Labute approximate surface area is 253 Å². The lowest BCUT2D eigenvalue weighted by molar-refractivity contribution is -0.118. The van der Waals surface area contributed by atoms with Crippen LogP contribution < -0.4 is 20.3 Å². The molecule has 1 N–H and O–H groups in total. The molecule has 6 aromatic rings. The van der Waals surface area contributed by atoms with Gasteiger partial charge in [0, 0.05) is 22.2 Å². The van der Waals surface area contributed by atoms with Gasteiger partial charge < -0.3 is 14.5 Å². The molecule has 1 aliphatic rings. The molecule has 0 fully saturated rings. The van der Waals surface area contributed by atoms with Crippen LogP contribution in [0.15, 0.2) is 82.0 Å². The number of aryl methyl sites for hydroxylation is 1. The molecular weight excluding hydrogens is 582 g/mol. The maximum absolute atomic E-state index is 13.8. The third-order valence-corrected chi connectivity index (χ3v) is 8.37. The highest BCUT2D eigenvalue weighted by Gasteiger charge is 2.35. The lowest BCUT2D eigenvalue weighted by atomic mass is 10.1. The lowest BCUT2D eigenvalue weighted by Crippen LogP contribution is -2.37. The van der Waals surface area contributed by atoms with Crippen LogP contribution in [-0.4, -0.2) is 45.5 Å². The van der Waals surface area contributed by atoms with Gasteiger partial charge in [0.2, 0.25) is 16.7 Å². The number of nitrogens with zero attached hydrogens (tertiary/aromatic N) is 4. The van der Waals surface area contributed by atoms with E-state index in [-0.39, 0.29) is 29.1 Å². The lowest BCUT2D eigenvalue weighted by Gasteiger charge is -2.16. The summed E-state index contributed by atoms with van der Waals surface area (Å²) in [7, 11) is 0. The van der Waals surface area contributed by atoms with E-state index in [1.165, 1.54) is 9.42 Å². The van der Waals surface area contributed by atoms with Crippen molar-refractivity contribution >= 4 is 62.0 Å². The van der Waals surface area contributed by atoms with Gasteiger partial charge in [0.05, 0.1) is 23.4 Å². The molecule has 3 aromatic heterocycles. The zero-order valence-corrected chi connectivity index (χ0v) is 24.3. The molecule has 12 heteroatoms. The summed E-state index contributed by atoms with van der Waals surface area (Å²) in [5.41, 5.74) is 3.14. The van der Waals surface area contributed by atoms with E-state index in [2.05, 4.69) is 15.4 Å². The molecule has 44 heavy (non-hydrogen) atoms. The summed E-state index contributed by atoms with van der Waals surface area (Å²) in [5.74, 6) is -0.623. The van der Waals surface area contributed by atoms with Gasteiger partial charge in [0.15, 0.2) is 5.76 Å². The molecular formula is C32H23N5O6S. The van der Waals surface area contributed by atoms with Crippen LogP contribution >= 0.6 is 11.3 Å². The molecule has 0 aliphatic carbocycles. The topological polar surface area (TPSA) is 136 Å². The number of carbonyl (C=O) groups is 3. The van der Waals surface area contributed by atoms with Crippen LogP contribution in [0.5, 0.6) is 0 Å². The Kier molecular flexibility index (Phi) is 6.55. The molecule has 2 amide bonds. The van der Waals surface area contributed by atoms with E-state index in [0.29, 0.717) is 38.8 Å². The van der Waals surface area contributed by atoms with Crippen LogP contribution in [0, 0.1) is 6.92 Å². The summed E-state index contributed by atoms with van der Waals surface area (Å²) >= 11 is 1.06. The highest BCUT2D eigenvalue weighted by atomic mass is 32.1. The van der Waals surface area contributed by atoms with Crippen molar-refractivity contribution < 1.29 is 23.5 Å². The molecule has 1 aliphatic heterocycles. The number of carbonyl (C=O) groups excluding carboxylic acids is 3. The number of para-hydroxylation sites is 2. The van der Waals surface area contributed by atoms with E-state index in [1.54, 1.807) is 55.5 Å². The fourth-order valence-electron chi connectivity index (χ4n) is 5.27. The highest BCUT2D eigenvalue weighted by Crippen LogP contribution is 2.35. The number of ether oxygens (including phenoxy) is 1. The quantitative estimate of drug-likeness (QED) is 0.282. The molecule has 0 atom stereocenters. The second-order valence-corrected chi connectivity index (χ2v) is 11.0. The van der Waals surface area contributed by atoms with Crippen molar-refractivity contribution in [1.29, 1.82) is 0 Å². The van der Waals surface area contributed by atoms with E-state index in [4.69, 9.17) is 9.15 Å². The minimum absolute atomic E-state index is 0.183. The SMILES string of the molecule is CCOC(=O)c1ccc(NC(=O)CN2C(=O)/C(=c3\sc4nc(-c5oc6ccccc6c5C)nn4c3=O)c3ccccc32)cc1.